The number of anilines is 1. The second kappa shape index (κ2) is 7.29. The van der Waals surface area contributed by atoms with E-state index in [1.807, 2.05) is 0 Å². The van der Waals surface area contributed by atoms with Crippen molar-refractivity contribution in [2.75, 3.05) is 18.5 Å². The Morgan fingerprint density at radius 1 is 1.33 bits per heavy atom. The van der Waals surface area contributed by atoms with E-state index < -0.39 is 24.4 Å². The van der Waals surface area contributed by atoms with Crippen LogP contribution in [0.4, 0.5) is 23.7 Å². The number of halogens is 3. The highest BCUT2D eigenvalue weighted by Crippen LogP contribution is 2.29. The fourth-order valence-corrected chi connectivity index (χ4v) is 2.63. The van der Waals surface area contributed by atoms with Gasteiger partial charge in [0.1, 0.15) is 5.75 Å². The Labute approximate surface area is 138 Å². The lowest BCUT2D eigenvalue weighted by Gasteiger charge is -2.22. The Bertz CT molecular complexity index is 584. The van der Waals surface area contributed by atoms with Crippen molar-refractivity contribution in [1.29, 1.82) is 0 Å². The molecular formula is C16H21F3N2O3. The number of rotatable bonds is 5. The molecular weight excluding hydrogens is 325 g/mol. The Kier molecular flexibility index (Phi) is 5.58. The van der Waals surface area contributed by atoms with E-state index in [9.17, 15) is 23.1 Å². The average Bonchev–Trinajstić information content (AvgIpc) is 2.92. The van der Waals surface area contributed by atoms with Gasteiger partial charge in [-0.2, -0.15) is 13.2 Å². The topological polar surface area (TPSA) is 70.6 Å². The highest BCUT2D eigenvalue weighted by molar-refractivity contribution is 5.91. The number of nitrogens with one attached hydrogen (secondary N) is 2. The van der Waals surface area contributed by atoms with Crippen molar-refractivity contribution in [3.8, 4) is 5.75 Å². The summed E-state index contributed by atoms with van der Waals surface area (Å²) in [5, 5.41) is 15.2. The zero-order valence-corrected chi connectivity index (χ0v) is 13.4. The van der Waals surface area contributed by atoms with Crippen molar-refractivity contribution in [2.24, 2.45) is 0 Å². The first-order chi connectivity index (χ1) is 11.2. The fraction of sp³-hybridized carbons (Fsp3) is 0.562. The molecule has 0 saturated heterocycles. The molecule has 0 radical (unpaired) electrons. The summed E-state index contributed by atoms with van der Waals surface area (Å²) in [6.07, 6.45) is -1.40. The molecule has 1 saturated carbocycles. The van der Waals surface area contributed by atoms with Crippen molar-refractivity contribution >= 4 is 11.7 Å². The van der Waals surface area contributed by atoms with E-state index in [-0.39, 0.29) is 18.0 Å². The van der Waals surface area contributed by atoms with Crippen LogP contribution in [-0.2, 0) is 0 Å². The number of alkyl halides is 3. The van der Waals surface area contributed by atoms with Gasteiger partial charge in [0.2, 0.25) is 0 Å². The van der Waals surface area contributed by atoms with E-state index in [1.54, 1.807) is 13.0 Å². The first kappa shape index (κ1) is 18.4. The van der Waals surface area contributed by atoms with Crippen LogP contribution in [0.25, 0.3) is 0 Å². The summed E-state index contributed by atoms with van der Waals surface area (Å²) in [6.45, 7) is 0.371. The van der Waals surface area contributed by atoms with E-state index >= 15 is 0 Å². The molecule has 1 fully saturated rings. The number of ether oxygens (including phenoxy) is 1. The van der Waals surface area contributed by atoms with Crippen molar-refractivity contribution in [2.45, 2.75) is 44.4 Å². The molecule has 0 aromatic heterocycles. The monoisotopic (exact) mass is 346 g/mol. The number of carbonyl (C=O) groups excluding carboxylic acids is 1. The van der Waals surface area contributed by atoms with Crippen molar-refractivity contribution in [1.82, 2.24) is 5.32 Å². The molecule has 134 valence electrons. The molecule has 1 aromatic rings. The van der Waals surface area contributed by atoms with Gasteiger partial charge in [0.25, 0.3) is 0 Å². The predicted molar refractivity (Wildman–Crippen MR) is 83.2 cm³/mol. The van der Waals surface area contributed by atoms with Crippen LogP contribution in [0.15, 0.2) is 18.2 Å². The van der Waals surface area contributed by atoms with Gasteiger partial charge in [-0.1, -0.05) is 18.9 Å². The van der Waals surface area contributed by atoms with Gasteiger partial charge in [-0.05, 0) is 37.5 Å². The van der Waals surface area contributed by atoms with Crippen LogP contribution < -0.4 is 15.4 Å². The van der Waals surface area contributed by atoms with Gasteiger partial charge in [-0.25, -0.2) is 4.79 Å². The van der Waals surface area contributed by atoms with Gasteiger partial charge in [0.05, 0.1) is 11.3 Å². The number of hydrogen-bond donors (Lipinski definition) is 3. The number of amides is 2. The van der Waals surface area contributed by atoms with Crippen LogP contribution in [0, 0.1) is 6.92 Å². The maximum absolute atomic E-state index is 12.3. The minimum atomic E-state index is -4.46. The van der Waals surface area contributed by atoms with E-state index in [1.165, 1.54) is 12.1 Å². The molecule has 2 amide bonds. The standard InChI is InChI=1S/C16H21F3N2O3/c1-11-4-5-12(13(8-11)24-10-16(17,18)19)21-14(22)20-9-15(23)6-2-3-7-15/h4-5,8,23H,2-3,6-7,9-10H2,1H3,(H2,20,21,22). The number of aliphatic hydroxyl groups is 1. The second-order valence-electron chi connectivity index (χ2n) is 6.14. The maximum Gasteiger partial charge on any atom is 0.422 e. The fourth-order valence-electron chi connectivity index (χ4n) is 2.63. The third-order valence-corrected chi connectivity index (χ3v) is 3.89. The SMILES string of the molecule is Cc1ccc(NC(=O)NCC2(O)CCCC2)c(OCC(F)(F)F)c1. The Hall–Kier alpha value is -1.96. The van der Waals surface area contributed by atoms with E-state index in [0.29, 0.717) is 18.4 Å². The summed E-state index contributed by atoms with van der Waals surface area (Å²) < 4.78 is 41.7. The number of benzene rings is 1. The average molecular weight is 346 g/mol. The Morgan fingerprint density at radius 3 is 2.62 bits per heavy atom. The maximum atomic E-state index is 12.3. The quantitative estimate of drug-likeness (QED) is 0.766. The highest BCUT2D eigenvalue weighted by atomic mass is 19.4. The van der Waals surface area contributed by atoms with Gasteiger partial charge >= 0.3 is 12.2 Å². The summed E-state index contributed by atoms with van der Waals surface area (Å²) >= 11 is 0. The first-order valence-electron chi connectivity index (χ1n) is 7.74. The third-order valence-electron chi connectivity index (χ3n) is 3.89. The molecule has 0 unspecified atom stereocenters. The summed E-state index contributed by atoms with van der Waals surface area (Å²) in [5.41, 5.74) is -0.0561. The first-order valence-corrected chi connectivity index (χ1v) is 7.74. The van der Waals surface area contributed by atoms with Crippen LogP contribution in [0.1, 0.15) is 31.2 Å². The number of hydrogen-bond acceptors (Lipinski definition) is 3. The number of carbonyl (C=O) groups is 1. The van der Waals surface area contributed by atoms with Crippen molar-refractivity contribution in [3.05, 3.63) is 23.8 Å². The molecule has 0 heterocycles. The molecule has 3 N–H and O–H groups in total. The lowest BCUT2D eigenvalue weighted by atomic mass is 10.0. The molecule has 0 bridgehead atoms. The molecule has 0 atom stereocenters. The molecule has 0 spiro atoms. The molecule has 24 heavy (non-hydrogen) atoms. The zero-order chi connectivity index (χ0) is 17.8. The molecule has 8 heteroatoms. The zero-order valence-electron chi connectivity index (χ0n) is 13.4. The summed E-state index contributed by atoms with van der Waals surface area (Å²) in [4.78, 5) is 11.9. The smallest absolute Gasteiger partial charge is 0.422 e. The molecule has 2 rings (SSSR count). The van der Waals surface area contributed by atoms with Gasteiger partial charge < -0.3 is 20.5 Å². The lowest BCUT2D eigenvalue weighted by Crippen LogP contribution is -2.42. The van der Waals surface area contributed by atoms with Crippen LogP contribution in [0.5, 0.6) is 5.75 Å². The largest absolute Gasteiger partial charge is 0.482 e. The van der Waals surface area contributed by atoms with Crippen LogP contribution in [0.3, 0.4) is 0 Å². The van der Waals surface area contributed by atoms with Gasteiger partial charge in [0, 0.05) is 6.54 Å². The van der Waals surface area contributed by atoms with Gasteiger partial charge in [-0.3, -0.25) is 0 Å². The lowest BCUT2D eigenvalue weighted by molar-refractivity contribution is -0.153. The Balaban J connectivity index is 1.96. The minimum Gasteiger partial charge on any atom is -0.482 e. The van der Waals surface area contributed by atoms with Crippen molar-refractivity contribution < 1.29 is 27.8 Å². The van der Waals surface area contributed by atoms with Gasteiger partial charge in [0.15, 0.2) is 6.61 Å². The van der Waals surface area contributed by atoms with Crippen LogP contribution in [-0.4, -0.2) is 36.1 Å². The predicted octanol–water partition coefficient (Wildman–Crippen LogP) is 3.36. The molecule has 0 aliphatic heterocycles. The molecule has 1 aliphatic rings. The van der Waals surface area contributed by atoms with Crippen LogP contribution >= 0.6 is 0 Å². The second-order valence-corrected chi connectivity index (χ2v) is 6.14. The summed E-state index contributed by atoms with van der Waals surface area (Å²) in [5.74, 6) is -0.0537. The molecule has 1 aliphatic carbocycles. The van der Waals surface area contributed by atoms with Gasteiger partial charge in [-0.15, -0.1) is 0 Å². The van der Waals surface area contributed by atoms with Crippen molar-refractivity contribution in [3.63, 3.8) is 0 Å². The van der Waals surface area contributed by atoms with Crippen LogP contribution in [0.2, 0.25) is 0 Å². The number of urea groups is 1. The van der Waals surface area contributed by atoms with E-state index in [0.717, 1.165) is 12.8 Å². The van der Waals surface area contributed by atoms with E-state index in [4.69, 9.17) is 4.74 Å². The Morgan fingerprint density at radius 2 is 2.00 bits per heavy atom. The van der Waals surface area contributed by atoms with E-state index in [2.05, 4.69) is 10.6 Å². The number of aryl methyl sites for hydroxylation is 1. The molecule has 1 aromatic carbocycles. The third kappa shape index (κ3) is 5.59. The molecule has 5 nitrogen and oxygen atoms in total. The summed E-state index contributed by atoms with van der Waals surface area (Å²) in [7, 11) is 0. The highest BCUT2D eigenvalue weighted by Gasteiger charge is 2.31. The minimum absolute atomic E-state index is 0.0537. The normalized spacial score (nSPS) is 16.7. The summed E-state index contributed by atoms with van der Waals surface area (Å²) in [6, 6.07) is 3.95.